The van der Waals surface area contributed by atoms with Gasteiger partial charge in [-0.25, -0.2) is 4.39 Å². The average Bonchev–Trinajstić information content (AvgIpc) is 2.64. The van der Waals surface area contributed by atoms with E-state index in [4.69, 9.17) is 33.9 Å². The first-order valence-corrected chi connectivity index (χ1v) is 9.54. The van der Waals surface area contributed by atoms with Gasteiger partial charge < -0.3 is 22.3 Å². The van der Waals surface area contributed by atoms with Gasteiger partial charge >= 0.3 is 5.97 Å². The summed E-state index contributed by atoms with van der Waals surface area (Å²) >= 11 is 5.46. The smallest absolute Gasteiger partial charge is 0.320 e. The van der Waals surface area contributed by atoms with Crippen LogP contribution in [0.15, 0.2) is 18.2 Å². The topological polar surface area (TPSA) is 132 Å². The van der Waals surface area contributed by atoms with Gasteiger partial charge in [0.2, 0.25) is 0 Å². The molecule has 1 fully saturated rings. The van der Waals surface area contributed by atoms with Crippen molar-refractivity contribution in [1.82, 2.24) is 0 Å². The number of aliphatic carboxylic acids is 1. The molecule has 7 N–H and O–H groups in total. The summed E-state index contributed by atoms with van der Waals surface area (Å²) in [7, 11) is 0. The number of carboxylic acids is 1. The van der Waals surface area contributed by atoms with Crippen LogP contribution in [0.1, 0.15) is 61.7 Å². The quantitative estimate of drug-likeness (QED) is 0.426. The molecule has 0 aliphatic heterocycles. The molecular weight excluding hydrogens is 373 g/mol. The molecule has 1 atom stereocenters. The second kappa shape index (κ2) is 15.5. The standard InChI is InChI=1S/C7H4ClFO.C6H14N2O2.C6H13N/c8-6-2-1-3-7(9)5(6)4-10;7-4-2-1-3-5(8)6(9)10;7-6-4-2-1-3-5-6/h1-4H;5H,1-4,7-8H2,(H,9,10);6H,1-5,7H2/t;5-;/m.0./s1. The van der Waals surface area contributed by atoms with E-state index in [9.17, 15) is 14.0 Å². The maximum absolute atomic E-state index is 12.5. The molecule has 6 nitrogen and oxygen atoms in total. The molecule has 2 rings (SSSR count). The largest absolute Gasteiger partial charge is 0.480 e. The number of unbranched alkanes of at least 4 members (excludes halogenated alkanes) is 1. The molecule has 8 heteroatoms. The van der Waals surface area contributed by atoms with Crippen molar-refractivity contribution in [2.75, 3.05) is 6.54 Å². The lowest BCUT2D eigenvalue weighted by molar-refractivity contribution is -0.138. The van der Waals surface area contributed by atoms with Crippen molar-refractivity contribution in [1.29, 1.82) is 0 Å². The maximum Gasteiger partial charge on any atom is 0.320 e. The fourth-order valence-electron chi connectivity index (χ4n) is 2.39. The predicted molar refractivity (Wildman–Crippen MR) is 106 cm³/mol. The lowest BCUT2D eigenvalue weighted by Crippen LogP contribution is -2.29. The van der Waals surface area contributed by atoms with Crippen molar-refractivity contribution in [3.63, 3.8) is 0 Å². The minimum absolute atomic E-state index is 0.0795. The van der Waals surface area contributed by atoms with Crippen LogP contribution in [0.2, 0.25) is 5.02 Å². The minimum atomic E-state index is -0.933. The Labute approximate surface area is 165 Å². The second-order valence-corrected chi connectivity index (χ2v) is 6.79. The molecule has 0 aromatic heterocycles. The van der Waals surface area contributed by atoms with E-state index in [-0.39, 0.29) is 10.6 Å². The Hall–Kier alpha value is -1.54. The van der Waals surface area contributed by atoms with Crippen molar-refractivity contribution in [2.45, 2.75) is 63.5 Å². The van der Waals surface area contributed by atoms with E-state index in [1.807, 2.05) is 0 Å². The summed E-state index contributed by atoms with van der Waals surface area (Å²) in [6, 6.07) is 3.93. The molecule has 27 heavy (non-hydrogen) atoms. The van der Waals surface area contributed by atoms with Crippen LogP contribution < -0.4 is 17.2 Å². The fourth-order valence-corrected chi connectivity index (χ4v) is 2.60. The molecule has 1 aromatic rings. The second-order valence-electron chi connectivity index (χ2n) is 6.38. The molecule has 1 saturated carbocycles. The highest BCUT2D eigenvalue weighted by Gasteiger charge is 2.09. The Kier molecular flexibility index (Phi) is 14.6. The first-order chi connectivity index (χ1) is 12.8. The van der Waals surface area contributed by atoms with Gasteiger partial charge in [-0.2, -0.15) is 0 Å². The lowest BCUT2D eigenvalue weighted by Gasteiger charge is -2.15. The Morgan fingerprint density at radius 2 is 1.93 bits per heavy atom. The summed E-state index contributed by atoms with van der Waals surface area (Å²) in [5.41, 5.74) is 16.0. The Morgan fingerprint density at radius 1 is 1.30 bits per heavy atom. The van der Waals surface area contributed by atoms with Crippen LogP contribution in [0.3, 0.4) is 0 Å². The van der Waals surface area contributed by atoms with Crippen molar-refractivity contribution >= 4 is 23.9 Å². The number of halogens is 2. The molecule has 1 aliphatic carbocycles. The molecule has 0 radical (unpaired) electrons. The maximum atomic E-state index is 12.5. The van der Waals surface area contributed by atoms with E-state index in [0.29, 0.717) is 25.3 Å². The van der Waals surface area contributed by atoms with Gasteiger partial charge in [0.25, 0.3) is 0 Å². The summed E-state index contributed by atoms with van der Waals surface area (Å²) in [4.78, 5) is 20.3. The zero-order chi connectivity index (χ0) is 20.7. The van der Waals surface area contributed by atoms with Gasteiger partial charge in [-0.1, -0.05) is 43.4 Å². The number of rotatable bonds is 6. The molecule has 0 saturated heterocycles. The fraction of sp³-hybridized carbons (Fsp3) is 0.579. The number of hydrogen-bond acceptors (Lipinski definition) is 5. The van der Waals surface area contributed by atoms with Gasteiger partial charge in [-0.15, -0.1) is 0 Å². The van der Waals surface area contributed by atoms with Crippen LogP contribution in [0.25, 0.3) is 0 Å². The lowest BCUT2D eigenvalue weighted by atomic mass is 9.97. The van der Waals surface area contributed by atoms with Crippen LogP contribution in [-0.4, -0.2) is 36.0 Å². The van der Waals surface area contributed by atoms with Crippen molar-refractivity contribution in [2.24, 2.45) is 17.2 Å². The number of hydrogen-bond donors (Lipinski definition) is 4. The Morgan fingerprint density at radius 3 is 2.30 bits per heavy atom. The van der Waals surface area contributed by atoms with Gasteiger partial charge in [0.1, 0.15) is 11.9 Å². The van der Waals surface area contributed by atoms with Crippen molar-refractivity contribution in [3.05, 3.63) is 34.6 Å². The van der Waals surface area contributed by atoms with Crippen LogP contribution in [0.4, 0.5) is 4.39 Å². The van der Waals surface area contributed by atoms with Crippen LogP contribution >= 0.6 is 11.6 Å². The third-order valence-electron chi connectivity index (χ3n) is 4.05. The summed E-state index contributed by atoms with van der Waals surface area (Å²) < 4.78 is 12.5. The third kappa shape index (κ3) is 12.5. The van der Waals surface area contributed by atoms with Gasteiger partial charge in [-0.05, 0) is 44.4 Å². The third-order valence-corrected chi connectivity index (χ3v) is 4.38. The van der Waals surface area contributed by atoms with E-state index in [1.54, 1.807) is 0 Å². The monoisotopic (exact) mass is 403 g/mol. The molecule has 0 spiro atoms. The van der Waals surface area contributed by atoms with E-state index in [1.165, 1.54) is 50.3 Å². The Balaban J connectivity index is 0.000000382. The highest BCUT2D eigenvalue weighted by molar-refractivity contribution is 6.32. The molecule has 1 aliphatic rings. The van der Waals surface area contributed by atoms with Gasteiger partial charge in [0, 0.05) is 6.04 Å². The molecule has 0 amide bonds. The van der Waals surface area contributed by atoms with E-state index < -0.39 is 17.8 Å². The van der Waals surface area contributed by atoms with Gasteiger partial charge in [-0.3, -0.25) is 9.59 Å². The van der Waals surface area contributed by atoms with Crippen LogP contribution in [0, 0.1) is 5.82 Å². The number of carboxylic acid groups (broad SMARTS) is 1. The minimum Gasteiger partial charge on any atom is -0.480 e. The number of carbonyl (C=O) groups excluding carboxylic acids is 1. The number of benzene rings is 1. The molecule has 0 unspecified atom stereocenters. The Bertz CT molecular complexity index is 535. The number of carbonyl (C=O) groups is 2. The van der Waals surface area contributed by atoms with E-state index >= 15 is 0 Å². The summed E-state index contributed by atoms with van der Waals surface area (Å²) in [6.07, 6.45) is 9.23. The highest BCUT2D eigenvalue weighted by Crippen LogP contribution is 2.16. The molecule has 0 heterocycles. The van der Waals surface area contributed by atoms with E-state index in [2.05, 4.69) is 0 Å². The summed E-state index contributed by atoms with van der Waals surface area (Å²) in [5, 5.41) is 8.47. The normalized spacial score (nSPS) is 14.9. The summed E-state index contributed by atoms with van der Waals surface area (Å²) in [5.74, 6) is -1.51. The predicted octanol–water partition coefficient (Wildman–Crippen LogP) is 3.10. The zero-order valence-electron chi connectivity index (χ0n) is 15.6. The van der Waals surface area contributed by atoms with Crippen LogP contribution in [-0.2, 0) is 4.79 Å². The molecule has 1 aromatic carbocycles. The SMILES string of the molecule is NC1CCCCC1.NCCCC[C@H](N)C(=O)O.O=Cc1c(F)cccc1Cl. The number of nitrogens with two attached hydrogens (primary N) is 3. The first-order valence-electron chi connectivity index (χ1n) is 9.16. The van der Waals surface area contributed by atoms with Crippen molar-refractivity contribution in [3.8, 4) is 0 Å². The zero-order valence-corrected chi connectivity index (χ0v) is 16.3. The van der Waals surface area contributed by atoms with Crippen LogP contribution in [0.5, 0.6) is 0 Å². The first kappa shape index (κ1) is 25.5. The van der Waals surface area contributed by atoms with Gasteiger partial charge in [0.15, 0.2) is 6.29 Å². The summed E-state index contributed by atoms with van der Waals surface area (Å²) in [6.45, 7) is 0.604. The highest BCUT2D eigenvalue weighted by atomic mass is 35.5. The average molecular weight is 404 g/mol. The van der Waals surface area contributed by atoms with E-state index in [0.717, 1.165) is 12.8 Å². The van der Waals surface area contributed by atoms with Crippen molar-refractivity contribution < 1.29 is 19.1 Å². The molecular formula is C19H31ClFN3O3. The molecule has 0 bridgehead atoms. The molecule has 154 valence electrons. The van der Waals surface area contributed by atoms with Gasteiger partial charge in [0.05, 0.1) is 10.6 Å². The number of aldehydes is 1.